The van der Waals surface area contributed by atoms with E-state index in [1.807, 2.05) is 27.7 Å². The molecule has 0 amide bonds. The fourth-order valence-electron chi connectivity index (χ4n) is 4.46. The van der Waals surface area contributed by atoms with Gasteiger partial charge in [-0.05, 0) is 115 Å². The van der Waals surface area contributed by atoms with Gasteiger partial charge >= 0.3 is 0 Å². The number of nitro benzene ring substituents is 2. The summed E-state index contributed by atoms with van der Waals surface area (Å²) in [4.78, 5) is 32.3. The van der Waals surface area contributed by atoms with Crippen LogP contribution < -0.4 is 0 Å². The highest BCUT2D eigenvalue weighted by Gasteiger charge is 2.20. The average molecular weight is 615 g/mol. The molecular weight excluding hydrogens is 569 g/mol. The number of aryl methyl sites for hydroxylation is 4. The maximum absolute atomic E-state index is 11.4. The Kier molecular flexibility index (Phi) is 12.5. The predicted molar refractivity (Wildman–Crippen MR) is 176 cm³/mol. The maximum atomic E-state index is 11.4. The van der Waals surface area contributed by atoms with Gasteiger partial charge in [0.25, 0.3) is 11.4 Å². The van der Waals surface area contributed by atoms with Gasteiger partial charge in [0.2, 0.25) is 0 Å². The lowest BCUT2D eigenvalue weighted by Crippen LogP contribution is -2.27. The Morgan fingerprint density at radius 1 is 0.643 bits per heavy atom. The quantitative estimate of drug-likeness (QED) is 0.0647. The molecule has 10 nitrogen and oxygen atoms in total. The van der Waals surface area contributed by atoms with Gasteiger partial charge in [-0.1, -0.05) is 0 Å². The van der Waals surface area contributed by atoms with Gasteiger partial charge in [-0.2, -0.15) is 0 Å². The van der Waals surface area contributed by atoms with Crippen molar-refractivity contribution in [3.63, 3.8) is 0 Å². The number of benzene rings is 2. The fraction of sp³-hybridized carbons (Fsp3) is 0.533. The zero-order valence-electron chi connectivity index (χ0n) is 26.8. The van der Waals surface area contributed by atoms with Gasteiger partial charge in [-0.15, -0.1) is 0 Å². The molecule has 0 fully saturated rings. The summed E-state index contributed by atoms with van der Waals surface area (Å²) in [5, 5.41) is 22.9. The molecule has 12 heteroatoms. The first-order chi connectivity index (χ1) is 19.4. The van der Waals surface area contributed by atoms with Crippen LogP contribution in [0.3, 0.4) is 0 Å². The first kappa shape index (κ1) is 35.1. The Balaban J connectivity index is 2.67. The van der Waals surface area contributed by atoms with Crippen LogP contribution in [0.25, 0.3) is 0 Å². The molecule has 0 spiro atoms. The summed E-state index contributed by atoms with van der Waals surface area (Å²) >= 11 is 0. The molecule has 0 aliphatic carbocycles. The fourth-order valence-corrected chi connectivity index (χ4v) is 5.98. The van der Waals surface area contributed by atoms with Crippen molar-refractivity contribution in [1.29, 1.82) is 0 Å². The molecule has 0 aliphatic heterocycles. The van der Waals surface area contributed by atoms with Crippen molar-refractivity contribution in [2.45, 2.75) is 92.7 Å². The van der Waals surface area contributed by atoms with E-state index in [1.54, 1.807) is 24.3 Å². The first-order valence-electron chi connectivity index (χ1n) is 14.3. The van der Waals surface area contributed by atoms with Crippen molar-refractivity contribution in [3.05, 3.63) is 66.7 Å². The molecule has 2 aromatic rings. The minimum absolute atomic E-state index is 0.0311. The van der Waals surface area contributed by atoms with E-state index in [2.05, 4.69) is 39.3 Å². The molecule has 230 valence electrons. The highest BCUT2D eigenvalue weighted by atomic mass is 28.4. The standard InChI is InChI=1S/C30H46N4O6Si2/c1-21-17-25(33(35)36)18-22(2)29(21)31-27(13-11-15-39-41(5,6)7)28(14-12-16-40-42(8,9)10)32-30-23(3)19-26(34(37)38)20-24(30)4/h17-20H,11-16H2,1-10H3. The number of hydrogen-bond donors (Lipinski definition) is 0. The van der Waals surface area contributed by atoms with Crippen LogP contribution >= 0.6 is 0 Å². The second kappa shape index (κ2) is 14.9. The van der Waals surface area contributed by atoms with Crippen molar-refractivity contribution in [2.24, 2.45) is 9.98 Å². The molecule has 0 atom stereocenters. The Labute approximate surface area is 251 Å². The van der Waals surface area contributed by atoms with Crippen molar-refractivity contribution >= 4 is 50.8 Å². The summed E-state index contributed by atoms with van der Waals surface area (Å²) in [6.07, 6.45) is 2.66. The van der Waals surface area contributed by atoms with Crippen LogP contribution in [0.2, 0.25) is 39.3 Å². The van der Waals surface area contributed by atoms with E-state index < -0.39 is 26.5 Å². The van der Waals surface area contributed by atoms with Crippen molar-refractivity contribution < 1.29 is 18.7 Å². The Bertz CT molecular complexity index is 1210. The van der Waals surface area contributed by atoms with E-state index in [-0.39, 0.29) is 11.4 Å². The minimum Gasteiger partial charge on any atom is -0.418 e. The second-order valence-corrected chi connectivity index (χ2v) is 21.6. The Morgan fingerprint density at radius 3 is 1.17 bits per heavy atom. The topological polar surface area (TPSA) is 129 Å². The van der Waals surface area contributed by atoms with Gasteiger partial charge in [0.15, 0.2) is 16.6 Å². The van der Waals surface area contributed by atoms with Crippen LogP contribution in [0.15, 0.2) is 34.3 Å². The normalized spacial score (nSPS) is 13.0. The van der Waals surface area contributed by atoms with Crippen molar-refractivity contribution in [1.82, 2.24) is 0 Å². The summed E-state index contributed by atoms with van der Waals surface area (Å²) in [6, 6.07) is 6.17. The largest absolute Gasteiger partial charge is 0.418 e. The molecule has 0 heterocycles. The zero-order valence-corrected chi connectivity index (χ0v) is 28.8. The van der Waals surface area contributed by atoms with Crippen LogP contribution in [-0.2, 0) is 8.85 Å². The first-order valence-corrected chi connectivity index (χ1v) is 21.1. The van der Waals surface area contributed by atoms with Gasteiger partial charge < -0.3 is 8.85 Å². The lowest BCUT2D eigenvalue weighted by atomic mass is 10.0. The van der Waals surface area contributed by atoms with Gasteiger partial charge in [0.05, 0.1) is 32.6 Å². The molecule has 0 unspecified atom stereocenters. The number of aliphatic imine (C=N–C) groups is 2. The molecule has 0 bridgehead atoms. The van der Waals surface area contributed by atoms with E-state index in [0.717, 1.165) is 24.3 Å². The lowest BCUT2D eigenvalue weighted by Gasteiger charge is -2.19. The third-order valence-corrected chi connectivity index (χ3v) is 8.53. The molecule has 2 rings (SSSR count). The van der Waals surface area contributed by atoms with Crippen LogP contribution in [-0.4, -0.2) is 51.1 Å². The summed E-state index contributed by atoms with van der Waals surface area (Å²) in [5.41, 5.74) is 5.83. The summed E-state index contributed by atoms with van der Waals surface area (Å²) in [7, 11) is -3.40. The molecule has 42 heavy (non-hydrogen) atoms. The van der Waals surface area contributed by atoms with Gasteiger partial charge in [-0.3, -0.25) is 30.2 Å². The SMILES string of the molecule is Cc1cc([N+](=O)[O-])cc(C)c1N=C(CCCO[Si](C)(C)C)C(CCCO[Si](C)(C)C)=Nc1c(C)cc([N+](=O)[O-])cc1C. The lowest BCUT2D eigenvalue weighted by molar-refractivity contribution is -0.385. The number of non-ortho nitro benzene ring substituents is 2. The highest BCUT2D eigenvalue weighted by Crippen LogP contribution is 2.32. The van der Waals surface area contributed by atoms with E-state index >= 15 is 0 Å². The third-order valence-electron chi connectivity index (χ3n) is 6.39. The van der Waals surface area contributed by atoms with Crippen LogP contribution in [0, 0.1) is 47.9 Å². The molecule has 2 aromatic carbocycles. The monoisotopic (exact) mass is 614 g/mol. The van der Waals surface area contributed by atoms with E-state index in [4.69, 9.17) is 18.8 Å². The third kappa shape index (κ3) is 11.3. The van der Waals surface area contributed by atoms with Crippen LogP contribution in [0.5, 0.6) is 0 Å². The second-order valence-electron chi connectivity index (χ2n) is 12.6. The number of hydrogen-bond acceptors (Lipinski definition) is 8. The Morgan fingerprint density at radius 2 is 0.929 bits per heavy atom. The molecule has 0 aliphatic rings. The zero-order chi connectivity index (χ0) is 31.8. The molecule has 0 saturated carbocycles. The summed E-state index contributed by atoms with van der Waals surface area (Å²) < 4.78 is 12.2. The van der Waals surface area contributed by atoms with E-state index in [0.29, 0.717) is 59.7 Å². The smallest absolute Gasteiger partial charge is 0.270 e. The highest BCUT2D eigenvalue weighted by molar-refractivity contribution is 6.70. The molecule has 0 N–H and O–H groups in total. The number of nitrogens with zero attached hydrogens (tertiary/aromatic N) is 4. The van der Waals surface area contributed by atoms with E-state index in [1.165, 1.54) is 0 Å². The van der Waals surface area contributed by atoms with Gasteiger partial charge in [-0.25, -0.2) is 0 Å². The maximum Gasteiger partial charge on any atom is 0.270 e. The molecule has 0 saturated heterocycles. The van der Waals surface area contributed by atoms with Crippen LogP contribution in [0.4, 0.5) is 22.7 Å². The van der Waals surface area contributed by atoms with Gasteiger partial charge in [0, 0.05) is 37.5 Å². The Hall–Kier alpha value is -3.07. The van der Waals surface area contributed by atoms with Crippen molar-refractivity contribution in [2.75, 3.05) is 13.2 Å². The number of nitro groups is 2. The van der Waals surface area contributed by atoms with Crippen LogP contribution in [0.1, 0.15) is 47.9 Å². The summed E-state index contributed by atoms with van der Waals surface area (Å²) in [6.45, 7) is 21.4. The molecule has 0 radical (unpaired) electrons. The van der Waals surface area contributed by atoms with Crippen molar-refractivity contribution in [3.8, 4) is 0 Å². The van der Waals surface area contributed by atoms with Gasteiger partial charge in [0.1, 0.15) is 0 Å². The average Bonchev–Trinajstić information content (AvgIpc) is 2.84. The predicted octanol–water partition coefficient (Wildman–Crippen LogP) is 8.85. The van der Waals surface area contributed by atoms with E-state index in [9.17, 15) is 20.2 Å². The number of rotatable bonds is 15. The summed E-state index contributed by atoms with van der Waals surface area (Å²) in [5.74, 6) is 0. The molecule has 0 aromatic heterocycles. The molecular formula is C30H46N4O6Si2. The minimum atomic E-state index is -1.70.